The summed E-state index contributed by atoms with van der Waals surface area (Å²) in [6, 6.07) is 8.17. The Morgan fingerprint density at radius 1 is 1.30 bits per heavy atom. The lowest BCUT2D eigenvalue weighted by molar-refractivity contribution is -0.135. The number of hydrogen-bond donors (Lipinski definition) is 0. The fraction of sp³-hybridized carbons (Fsp3) is 0.400. The predicted molar refractivity (Wildman–Crippen MR) is 81.5 cm³/mol. The largest absolute Gasteiger partial charge is 0.341 e. The average Bonchev–Trinajstić information content (AvgIpc) is 2.91. The van der Waals surface area contributed by atoms with Gasteiger partial charge in [-0.1, -0.05) is 23.4 Å². The van der Waals surface area contributed by atoms with Gasteiger partial charge in [0.05, 0.1) is 16.6 Å². The summed E-state index contributed by atoms with van der Waals surface area (Å²) in [4.78, 5) is 18.1. The molecule has 1 aromatic heterocycles. The van der Waals surface area contributed by atoms with E-state index in [1.54, 1.807) is 30.0 Å². The molecule has 122 valence electrons. The maximum absolute atomic E-state index is 12.2. The van der Waals surface area contributed by atoms with Crippen LogP contribution in [0.3, 0.4) is 0 Å². The van der Waals surface area contributed by atoms with E-state index in [1.165, 1.54) is 12.1 Å². The van der Waals surface area contributed by atoms with Crippen LogP contribution in [-0.4, -0.2) is 48.2 Å². The van der Waals surface area contributed by atoms with Crippen molar-refractivity contribution in [3.05, 3.63) is 42.0 Å². The van der Waals surface area contributed by atoms with Crippen molar-refractivity contribution in [2.75, 3.05) is 18.8 Å². The second-order valence-corrected chi connectivity index (χ2v) is 7.67. The fourth-order valence-electron chi connectivity index (χ4n) is 2.44. The van der Waals surface area contributed by atoms with E-state index in [1.807, 2.05) is 0 Å². The lowest BCUT2D eigenvalue weighted by Gasteiger charge is -2.37. The molecule has 0 aliphatic carbocycles. The molecule has 1 saturated heterocycles. The van der Waals surface area contributed by atoms with Crippen LogP contribution in [0.5, 0.6) is 0 Å². The normalized spacial score (nSPS) is 15.4. The number of carbonyl (C=O) groups excluding carboxylic acids is 1. The molecular formula is C15H17N3O4S. The Balaban J connectivity index is 1.51. The number of aromatic nitrogens is 2. The molecule has 0 unspecified atom stereocenters. The molecule has 2 aromatic rings. The number of carbonyl (C=O) groups is 1. The summed E-state index contributed by atoms with van der Waals surface area (Å²) in [6.45, 7) is 2.72. The van der Waals surface area contributed by atoms with Crippen LogP contribution in [0, 0.1) is 6.92 Å². The van der Waals surface area contributed by atoms with Gasteiger partial charge in [-0.25, -0.2) is 8.42 Å². The van der Waals surface area contributed by atoms with E-state index in [0.717, 1.165) is 0 Å². The fourth-order valence-corrected chi connectivity index (χ4v) is 3.69. The lowest BCUT2D eigenvalue weighted by Crippen LogP contribution is -2.48. The number of rotatable bonds is 5. The highest BCUT2D eigenvalue weighted by Gasteiger charge is 2.35. The molecular weight excluding hydrogens is 318 g/mol. The van der Waals surface area contributed by atoms with E-state index in [4.69, 9.17) is 4.52 Å². The van der Waals surface area contributed by atoms with Gasteiger partial charge in [0, 0.05) is 19.5 Å². The van der Waals surface area contributed by atoms with Crippen molar-refractivity contribution in [1.82, 2.24) is 15.0 Å². The van der Waals surface area contributed by atoms with Gasteiger partial charge in [-0.05, 0) is 19.1 Å². The number of benzene rings is 1. The van der Waals surface area contributed by atoms with Gasteiger partial charge in [0.2, 0.25) is 11.8 Å². The summed E-state index contributed by atoms with van der Waals surface area (Å²) in [5.41, 5.74) is 0. The number of sulfone groups is 1. The van der Waals surface area contributed by atoms with Gasteiger partial charge in [-0.15, -0.1) is 0 Å². The van der Waals surface area contributed by atoms with E-state index in [0.29, 0.717) is 24.8 Å². The van der Waals surface area contributed by atoms with Crippen LogP contribution >= 0.6 is 0 Å². The summed E-state index contributed by atoms with van der Waals surface area (Å²) in [7, 11) is -3.42. The predicted octanol–water partition coefficient (Wildman–Crippen LogP) is 1.17. The molecule has 3 rings (SSSR count). The third-order valence-electron chi connectivity index (χ3n) is 3.81. The summed E-state index contributed by atoms with van der Waals surface area (Å²) in [6.07, 6.45) is -0.0210. The summed E-state index contributed by atoms with van der Waals surface area (Å²) in [5, 5.41) is 3.72. The summed E-state index contributed by atoms with van der Waals surface area (Å²) >= 11 is 0. The van der Waals surface area contributed by atoms with Gasteiger partial charge in [0.15, 0.2) is 15.7 Å². The molecule has 0 spiro atoms. The Kier molecular flexibility index (Phi) is 4.16. The SMILES string of the molecule is Cc1noc(C2CN(C(=O)CCS(=O)(=O)c3ccccc3)C2)n1. The monoisotopic (exact) mass is 335 g/mol. The van der Waals surface area contributed by atoms with Crippen molar-refractivity contribution in [2.24, 2.45) is 0 Å². The van der Waals surface area contributed by atoms with Crippen LogP contribution in [0.4, 0.5) is 0 Å². The van der Waals surface area contributed by atoms with Crippen molar-refractivity contribution in [3.63, 3.8) is 0 Å². The second-order valence-electron chi connectivity index (χ2n) is 5.56. The number of likely N-dealkylation sites (tertiary alicyclic amines) is 1. The van der Waals surface area contributed by atoms with Crippen LogP contribution in [0.1, 0.15) is 24.1 Å². The van der Waals surface area contributed by atoms with Gasteiger partial charge >= 0.3 is 0 Å². The molecule has 1 aliphatic rings. The third-order valence-corrected chi connectivity index (χ3v) is 5.55. The van der Waals surface area contributed by atoms with Crippen LogP contribution in [0.15, 0.2) is 39.8 Å². The molecule has 0 bridgehead atoms. The van der Waals surface area contributed by atoms with Crippen LogP contribution in [-0.2, 0) is 14.6 Å². The Bertz CT molecular complexity index is 795. The molecule has 1 fully saturated rings. The standard InChI is InChI=1S/C15H17N3O4S/c1-11-16-15(22-17-11)12-9-18(10-12)14(19)7-8-23(20,21)13-5-3-2-4-6-13/h2-6,12H,7-10H2,1H3. The smallest absolute Gasteiger partial charge is 0.233 e. The van der Waals surface area contributed by atoms with Crippen molar-refractivity contribution in [3.8, 4) is 0 Å². The van der Waals surface area contributed by atoms with Crippen LogP contribution < -0.4 is 0 Å². The first-order chi connectivity index (χ1) is 11.0. The molecule has 1 aromatic carbocycles. The summed E-state index contributed by atoms with van der Waals surface area (Å²) in [5.74, 6) is 0.793. The van der Waals surface area contributed by atoms with Crippen LogP contribution in [0.2, 0.25) is 0 Å². The molecule has 0 saturated carbocycles. The third kappa shape index (κ3) is 3.42. The Hall–Kier alpha value is -2.22. The zero-order chi connectivity index (χ0) is 16.4. The molecule has 7 nitrogen and oxygen atoms in total. The van der Waals surface area contributed by atoms with Crippen LogP contribution in [0.25, 0.3) is 0 Å². The van der Waals surface area contributed by atoms with Gasteiger partial charge in [0.1, 0.15) is 0 Å². The quantitative estimate of drug-likeness (QED) is 0.814. The van der Waals surface area contributed by atoms with Crippen molar-refractivity contribution >= 4 is 15.7 Å². The molecule has 0 N–H and O–H groups in total. The highest BCUT2D eigenvalue weighted by molar-refractivity contribution is 7.91. The first-order valence-electron chi connectivity index (χ1n) is 7.31. The minimum absolute atomic E-state index is 0.0210. The minimum Gasteiger partial charge on any atom is -0.341 e. The highest BCUT2D eigenvalue weighted by Crippen LogP contribution is 2.26. The number of hydrogen-bond acceptors (Lipinski definition) is 6. The summed E-state index contributed by atoms with van der Waals surface area (Å²) < 4.78 is 29.4. The second kappa shape index (κ2) is 6.11. The van der Waals surface area contributed by atoms with Gasteiger partial charge in [-0.2, -0.15) is 4.98 Å². The maximum atomic E-state index is 12.2. The van der Waals surface area contributed by atoms with Crippen molar-refractivity contribution in [2.45, 2.75) is 24.2 Å². The highest BCUT2D eigenvalue weighted by atomic mass is 32.2. The van der Waals surface area contributed by atoms with Gasteiger partial charge in [-0.3, -0.25) is 4.79 Å². The number of nitrogens with zero attached hydrogens (tertiary/aromatic N) is 3. The first-order valence-corrected chi connectivity index (χ1v) is 8.97. The van der Waals surface area contributed by atoms with E-state index in [9.17, 15) is 13.2 Å². The van der Waals surface area contributed by atoms with Gasteiger partial charge < -0.3 is 9.42 Å². The Labute approximate surface area is 134 Å². The number of amides is 1. The molecule has 23 heavy (non-hydrogen) atoms. The van der Waals surface area contributed by atoms with Crippen molar-refractivity contribution < 1.29 is 17.7 Å². The zero-order valence-electron chi connectivity index (χ0n) is 12.7. The van der Waals surface area contributed by atoms with E-state index in [-0.39, 0.29) is 28.9 Å². The van der Waals surface area contributed by atoms with Crippen molar-refractivity contribution in [1.29, 1.82) is 0 Å². The Morgan fingerprint density at radius 3 is 2.61 bits per heavy atom. The van der Waals surface area contributed by atoms with E-state index < -0.39 is 9.84 Å². The molecule has 2 heterocycles. The topological polar surface area (TPSA) is 93.4 Å². The zero-order valence-corrected chi connectivity index (χ0v) is 13.5. The lowest BCUT2D eigenvalue weighted by atomic mass is 10.00. The van der Waals surface area contributed by atoms with E-state index >= 15 is 0 Å². The minimum atomic E-state index is -3.42. The molecule has 1 aliphatic heterocycles. The Morgan fingerprint density at radius 2 is 2.00 bits per heavy atom. The number of aryl methyl sites for hydroxylation is 1. The molecule has 1 amide bonds. The average molecular weight is 335 g/mol. The van der Waals surface area contributed by atoms with E-state index in [2.05, 4.69) is 10.1 Å². The van der Waals surface area contributed by atoms with Gasteiger partial charge in [0.25, 0.3) is 0 Å². The first kappa shape index (κ1) is 15.7. The maximum Gasteiger partial charge on any atom is 0.233 e. The molecule has 0 atom stereocenters. The molecule has 0 radical (unpaired) electrons. The molecule has 8 heteroatoms.